The molecule has 8 nitrogen and oxygen atoms in total. The highest BCUT2D eigenvalue weighted by atomic mass is 16.5. The number of hydrogen-bond donors (Lipinski definition) is 3. The molecule has 0 radical (unpaired) electrons. The van der Waals surface area contributed by atoms with Gasteiger partial charge in [0.05, 0.1) is 13.4 Å². The van der Waals surface area contributed by atoms with Crippen LogP contribution in [-0.2, 0) is 9.59 Å². The van der Waals surface area contributed by atoms with Gasteiger partial charge in [0, 0.05) is 47.0 Å². The zero-order valence-electron chi connectivity index (χ0n) is 19.4. The van der Waals surface area contributed by atoms with Gasteiger partial charge in [0.15, 0.2) is 17.3 Å². The zero-order valence-corrected chi connectivity index (χ0v) is 19.4. The lowest BCUT2D eigenvalue weighted by Crippen LogP contribution is -2.37. The van der Waals surface area contributed by atoms with E-state index in [4.69, 9.17) is 9.15 Å². The molecule has 0 unspecified atom stereocenters. The van der Waals surface area contributed by atoms with Crippen molar-refractivity contribution < 1.29 is 23.8 Å². The standard InChI is InChI=1S/C27H25N3O5/c1-15-24(27(33)30-23-7-3-4-10-28-23)25(16-8-9-19(31)22(14-16)34-2)26-18(29-15)12-17(13-20(26)32)21-6-5-11-35-21/h3-11,14,17,25,29,31H,12-13H2,1-2H3,(H,28,30,33)/t17-,25+/m1/s1. The minimum atomic E-state index is -0.644. The Bertz CT molecular complexity index is 1340. The number of aromatic nitrogens is 1. The summed E-state index contributed by atoms with van der Waals surface area (Å²) in [7, 11) is 1.46. The van der Waals surface area contributed by atoms with Crippen LogP contribution in [0.1, 0.15) is 42.9 Å². The lowest BCUT2D eigenvalue weighted by atomic mass is 9.72. The minimum Gasteiger partial charge on any atom is -0.504 e. The summed E-state index contributed by atoms with van der Waals surface area (Å²) in [6.07, 6.45) is 4.05. The fourth-order valence-corrected chi connectivity index (χ4v) is 4.89. The van der Waals surface area contributed by atoms with Gasteiger partial charge in [-0.25, -0.2) is 4.98 Å². The van der Waals surface area contributed by atoms with E-state index in [1.165, 1.54) is 13.2 Å². The Labute approximate surface area is 202 Å². The average molecular weight is 472 g/mol. The number of benzene rings is 1. The maximum atomic E-state index is 13.6. The second kappa shape index (κ2) is 9.13. The second-order valence-electron chi connectivity index (χ2n) is 8.63. The Morgan fingerprint density at radius 2 is 2.06 bits per heavy atom. The van der Waals surface area contributed by atoms with Crippen molar-refractivity contribution in [3.05, 3.63) is 94.9 Å². The molecule has 35 heavy (non-hydrogen) atoms. The molecular formula is C27H25N3O5. The van der Waals surface area contributed by atoms with Gasteiger partial charge in [-0.3, -0.25) is 9.59 Å². The van der Waals surface area contributed by atoms with Crippen LogP contribution in [0.5, 0.6) is 11.5 Å². The number of aromatic hydroxyl groups is 1. The van der Waals surface area contributed by atoms with Gasteiger partial charge in [0.1, 0.15) is 11.6 Å². The van der Waals surface area contributed by atoms with Crippen LogP contribution in [0.2, 0.25) is 0 Å². The Morgan fingerprint density at radius 3 is 2.77 bits per heavy atom. The van der Waals surface area contributed by atoms with Crippen molar-refractivity contribution in [2.24, 2.45) is 0 Å². The van der Waals surface area contributed by atoms with E-state index in [1.807, 2.05) is 19.1 Å². The van der Waals surface area contributed by atoms with Gasteiger partial charge in [-0.2, -0.15) is 0 Å². The lowest BCUT2D eigenvalue weighted by Gasteiger charge is -2.36. The fourth-order valence-electron chi connectivity index (χ4n) is 4.89. The minimum absolute atomic E-state index is 0.0209. The van der Waals surface area contributed by atoms with Gasteiger partial charge >= 0.3 is 0 Å². The summed E-state index contributed by atoms with van der Waals surface area (Å²) >= 11 is 0. The molecule has 3 aromatic rings. The summed E-state index contributed by atoms with van der Waals surface area (Å²) in [5.74, 6) is 0.257. The number of pyridine rings is 1. The molecule has 1 aliphatic carbocycles. The van der Waals surface area contributed by atoms with Crippen molar-refractivity contribution in [3.8, 4) is 11.5 Å². The number of hydrogen-bond acceptors (Lipinski definition) is 7. The number of nitrogens with zero attached hydrogens (tertiary/aromatic N) is 1. The van der Waals surface area contributed by atoms with Crippen molar-refractivity contribution in [1.82, 2.24) is 10.3 Å². The Morgan fingerprint density at radius 1 is 1.20 bits per heavy atom. The van der Waals surface area contributed by atoms with Crippen LogP contribution in [0.15, 0.2) is 87.9 Å². The number of carbonyl (C=O) groups excluding carboxylic acids is 2. The van der Waals surface area contributed by atoms with Crippen LogP contribution in [0.3, 0.4) is 0 Å². The molecule has 3 heterocycles. The molecule has 0 saturated carbocycles. The number of allylic oxidation sites excluding steroid dienone is 3. The predicted octanol–water partition coefficient (Wildman–Crippen LogP) is 4.39. The molecule has 2 aliphatic rings. The van der Waals surface area contributed by atoms with Crippen molar-refractivity contribution in [2.75, 3.05) is 12.4 Å². The molecule has 178 valence electrons. The summed E-state index contributed by atoms with van der Waals surface area (Å²) in [4.78, 5) is 31.3. The highest BCUT2D eigenvalue weighted by molar-refractivity contribution is 6.09. The molecule has 1 aromatic carbocycles. The number of anilines is 1. The molecule has 0 saturated heterocycles. The van der Waals surface area contributed by atoms with Gasteiger partial charge in [0.25, 0.3) is 5.91 Å². The number of phenols is 1. The number of ether oxygens (including phenoxy) is 1. The lowest BCUT2D eigenvalue weighted by molar-refractivity contribution is -0.116. The van der Waals surface area contributed by atoms with E-state index < -0.39 is 5.92 Å². The number of nitrogens with one attached hydrogen (secondary N) is 2. The van der Waals surface area contributed by atoms with E-state index in [9.17, 15) is 14.7 Å². The molecule has 5 rings (SSSR count). The van der Waals surface area contributed by atoms with E-state index in [0.29, 0.717) is 34.6 Å². The molecule has 2 atom stereocenters. The number of Topliss-reactive ketones (excluding diaryl/α,β-unsaturated/α-hetero) is 1. The van der Waals surface area contributed by atoms with Gasteiger partial charge in [-0.1, -0.05) is 12.1 Å². The monoisotopic (exact) mass is 471 g/mol. The largest absolute Gasteiger partial charge is 0.504 e. The van der Waals surface area contributed by atoms with Gasteiger partial charge < -0.3 is 24.9 Å². The molecule has 2 aromatic heterocycles. The third kappa shape index (κ3) is 4.19. The normalized spacial score (nSPS) is 19.8. The smallest absolute Gasteiger partial charge is 0.255 e. The first-order valence-corrected chi connectivity index (χ1v) is 11.3. The SMILES string of the molecule is COc1cc([C@H]2C(C(=O)Nc3ccccn3)=C(C)NC3=C2C(=O)C[C@H](c2ccco2)C3)ccc1O. The first-order valence-electron chi connectivity index (χ1n) is 11.3. The van der Waals surface area contributed by atoms with Gasteiger partial charge in [-0.15, -0.1) is 0 Å². The van der Waals surface area contributed by atoms with E-state index in [0.717, 1.165) is 11.5 Å². The Hall–Kier alpha value is -4.33. The summed E-state index contributed by atoms with van der Waals surface area (Å²) < 4.78 is 10.9. The molecule has 1 amide bonds. The highest BCUT2D eigenvalue weighted by Crippen LogP contribution is 2.46. The number of ketones is 1. The molecule has 3 N–H and O–H groups in total. The molecule has 1 aliphatic heterocycles. The highest BCUT2D eigenvalue weighted by Gasteiger charge is 2.41. The van der Waals surface area contributed by atoms with Crippen LogP contribution in [-0.4, -0.2) is 28.9 Å². The number of carbonyl (C=O) groups is 2. The van der Waals surface area contributed by atoms with Crippen molar-refractivity contribution >= 4 is 17.5 Å². The van der Waals surface area contributed by atoms with Crippen molar-refractivity contribution in [1.29, 1.82) is 0 Å². The number of phenolic OH excluding ortho intramolecular Hbond substituents is 1. The molecule has 8 heteroatoms. The van der Waals surface area contributed by atoms with Gasteiger partial charge in [0.2, 0.25) is 0 Å². The molecule has 0 spiro atoms. The fraction of sp³-hybridized carbons (Fsp3) is 0.222. The van der Waals surface area contributed by atoms with E-state index in [2.05, 4.69) is 15.6 Å². The first-order chi connectivity index (χ1) is 17.0. The number of amides is 1. The molecule has 0 bridgehead atoms. The van der Waals surface area contributed by atoms with Crippen LogP contribution in [0.4, 0.5) is 5.82 Å². The maximum Gasteiger partial charge on any atom is 0.255 e. The van der Waals surface area contributed by atoms with Crippen molar-refractivity contribution in [2.45, 2.75) is 31.6 Å². The second-order valence-corrected chi connectivity index (χ2v) is 8.63. The van der Waals surface area contributed by atoms with E-state index in [-0.39, 0.29) is 35.5 Å². The number of furan rings is 1. The van der Waals surface area contributed by atoms with E-state index in [1.54, 1.807) is 42.8 Å². The zero-order chi connectivity index (χ0) is 24.5. The number of rotatable bonds is 5. The summed E-state index contributed by atoms with van der Waals surface area (Å²) in [5, 5.41) is 16.3. The third-order valence-corrected chi connectivity index (χ3v) is 6.46. The first kappa shape index (κ1) is 22.5. The quantitative estimate of drug-likeness (QED) is 0.506. The number of dihydropyridines is 1. The molecular weight excluding hydrogens is 446 g/mol. The van der Waals surface area contributed by atoms with Gasteiger partial charge in [-0.05, 0) is 55.3 Å². The van der Waals surface area contributed by atoms with Crippen LogP contribution < -0.4 is 15.4 Å². The van der Waals surface area contributed by atoms with Crippen LogP contribution >= 0.6 is 0 Å². The van der Waals surface area contributed by atoms with Crippen LogP contribution in [0, 0.1) is 0 Å². The van der Waals surface area contributed by atoms with Crippen molar-refractivity contribution in [3.63, 3.8) is 0 Å². The topological polar surface area (TPSA) is 114 Å². The predicted molar refractivity (Wildman–Crippen MR) is 129 cm³/mol. The van der Waals surface area contributed by atoms with Crippen LogP contribution in [0.25, 0.3) is 0 Å². The number of methoxy groups -OCH3 is 1. The van der Waals surface area contributed by atoms with E-state index >= 15 is 0 Å². The average Bonchev–Trinajstić information content (AvgIpc) is 3.39. The third-order valence-electron chi connectivity index (χ3n) is 6.46. The summed E-state index contributed by atoms with van der Waals surface area (Å²) in [6, 6.07) is 13.8. The Kier molecular flexibility index (Phi) is 5.86. The maximum absolute atomic E-state index is 13.6. The summed E-state index contributed by atoms with van der Waals surface area (Å²) in [5.41, 5.74) is 3.03. The molecule has 0 fully saturated rings. The Balaban J connectivity index is 1.60. The summed E-state index contributed by atoms with van der Waals surface area (Å²) in [6.45, 7) is 1.82.